The van der Waals surface area contributed by atoms with Gasteiger partial charge in [0.1, 0.15) is 5.69 Å². The van der Waals surface area contributed by atoms with Crippen molar-refractivity contribution in [3.8, 4) is 0 Å². The van der Waals surface area contributed by atoms with E-state index in [4.69, 9.17) is 0 Å². The first kappa shape index (κ1) is 12.8. The molecule has 0 aliphatic heterocycles. The molecule has 18 heavy (non-hydrogen) atoms. The van der Waals surface area contributed by atoms with Crippen LogP contribution in [0.3, 0.4) is 0 Å². The van der Waals surface area contributed by atoms with E-state index in [2.05, 4.69) is 31.3 Å². The van der Waals surface area contributed by atoms with Crippen LogP contribution in [0.25, 0.3) is 0 Å². The van der Waals surface area contributed by atoms with Gasteiger partial charge in [-0.1, -0.05) is 0 Å². The maximum absolute atomic E-state index is 11.8. The summed E-state index contributed by atoms with van der Waals surface area (Å²) in [5.41, 5.74) is 1.50. The smallest absolute Gasteiger partial charge is 0.271 e. The molecule has 0 radical (unpaired) electrons. The van der Waals surface area contributed by atoms with E-state index in [0.29, 0.717) is 23.3 Å². The van der Waals surface area contributed by atoms with E-state index in [-0.39, 0.29) is 5.91 Å². The lowest BCUT2D eigenvalue weighted by atomic mass is 10.3. The number of carbonyl (C=O) groups is 1. The molecule has 0 saturated heterocycles. The van der Waals surface area contributed by atoms with Crippen molar-refractivity contribution < 1.29 is 4.79 Å². The van der Waals surface area contributed by atoms with Gasteiger partial charge in [-0.3, -0.25) is 9.48 Å². The molecule has 0 aliphatic carbocycles. The monoisotopic (exact) mass is 308 g/mol. The van der Waals surface area contributed by atoms with Gasteiger partial charge in [0.2, 0.25) is 0 Å². The Labute approximate surface area is 113 Å². The molecule has 0 spiro atoms. The Morgan fingerprint density at radius 3 is 3.06 bits per heavy atom. The zero-order chi connectivity index (χ0) is 13.0. The molecule has 2 rings (SSSR count). The van der Waals surface area contributed by atoms with Crippen LogP contribution in [0.4, 0.5) is 0 Å². The first-order valence-corrected chi connectivity index (χ1v) is 6.34. The fourth-order valence-corrected chi connectivity index (χ4v) is 1.94. The lowest BCUT2D eigenvalue weighted by molar-refractivity contribution is 0.0946. The summed E-state index contributed by atoms with van der Waals surface area (Å²) in [4.78, 5) is 15.9. The zero-order valence-corrected chi connectivity index (χ0v) is 11.5. The second kappa shape index (κ2) is 5.77. The maximum Gasteiger partial charge on any atom is 0.271 e. The molecule has 1 amide bonds. The van der Waals surface area contributed by atoms with Crippen LogP contribution in [-0.4, -0.2) is 27.2 Å². The van der Waals surface area contributed by atoms with Crippen LogP contribution in [0.15, 0.2) is 35.2 Å². The maximum atomic E-state index is 11.8. The third-order valence-electron chi connectivity index (χ3n) is 2.36. The number of hydrogen-bond acceptors (Lipinski definition) is 3. The van der Waals surface area contributed by atoms with Crippen molar-refractivity contribution in [2.45, 2.75) is 13.5 Å². The second-order valence-electron chi connectivity index (χ2n) is 3.87. The van der Waals surface area contributed by atoms with E-state index in [9.17, 15) is 4.79 Å². The van der Waals surface area contributed by atoms with Gasteiger partial charge in [-0.15, -0.1) is 0 Å². The Balaban J connectivity index is 1.87. The van der Waals surface area contributed by atoms with Gasteiger partial charge in [-0.05, 0) is 40.5 Å². The topological polar surface area (TPSA) is 59.8 Å². The van der Waals surface area contributed by atoms with Crippen molar-refractivity contribution in [2.75, 3.05) is 6.54 Å². The number of hydrogen-bond donors (Lipinski definition) is 1. The molecule has 2 heterocycles. The molecule has 0 aliphatic rings. The van der Waals surface area contributed by atoms with Gasteiger partial charge < -0.3 is 5.32 Å². The van der Waals surface area contributed by atoms with Crippen LogP contribution < -0.4 is 5.32 Å². The number of aryl methyl sites for hydroxylation is 1. The summed E-state index contributed by atoms with van der Waals surface area (Å²) in [7, 11) is 0. The lowest BCUT2D eigenvalue weighted by Crippen LogP contribution is -2.28. The molecule has 0 aromatic carbocycles. The minimum absolute atomic E-state index is 0.189. The Morgan fingerprint density at radius 1 is 1.56 bits per heavy atom. The van der Waals surface area contributed by atoms with Gasteiger partial charge >= 0.3 is 0 Å². The standard InChI is InChI=1S/C12H13BrN4O/c1-9-7-16-17(8-9)6-5-15-12(18)11-10(13)3-2-4-14-11/h2-4,7-8H,5-6H2,1H3,(H,15,18). The molecule has 6 heteroatoms. The molecule has 0 saturated carbocycles. The van der Waals surface area contributed by atoms with Gasteiger partial charge in [-0.2, -0.15) is 5.10 Å². The number of nitrogens with one attached hydrogen (secondary N) is 1. The van der Waals surface area contributed by atoms with Gasteiger partial charge in [0.05, 0.1) is 12.7 Å². The van der Waals surface area contributed by atoms with E-state index in [0.717, 1.165) is 5.56 Å². The van der Waals surface area contributed by atoms with Crippen molar-refractivity contribution >= 4 is 21.8 Å². The molecule has 0 bridgehead atoms. The SMILES string of the molecule is Cc1cnn(CCNC(=O)c2ncccc2Br)c1. The van der Waals surface area contributed by atoms with Crippen molar-refractivity contribution in [2.24, 2.45) is 0 Å². The van der Waals surface area contributed by atoms with E-state index in [1.165, 1.54) is 0 Å². The van der Waals surface area contributed by atoms with Gasteiger partial charge in [0, 0.05) is 23.4 Å². The quantitative estimate of drug-likeness (QED) is 0.936. The number of carbonyl (C=O) groups excluding carboxylic acids is 1. The van der Waals surface area contributed by atoms with Crippen molar-refractivity contribution in [1.29, 1.82) is 0 Å². The fourth-order valence-electron chi connectivity index (χ4n) is 1.51. The van der Waals surface area contributed by atoms with Gasteiger partial charge in [-0.25, -0.2) is 4.98 Å². The number of pyridine rings is 1. The normalized spacial score (nSPS) is 10.3. The van der Waals surface area contributed by atoms with Crippen LogP contribution in [0.2, 0.25) is 0 Å². The highest BCUT2D eigenvalue weighted by molar-refractivity contribution is 9.10. The highest BCUT2D eigenvalue weighted by Gasteiger charge is 2.09. The second-order valence-corrected chi connectivity index (χ2v) is 4.72. The zero-order valence-electron chi connectivity index (χ0n) is 9.93. The molecular weight excluding hydrogens is 296 g/mol. The van der Waals surface area contributed by atoms with Crippen LogP contribution in [0.1, 0.15) is 16.1 Å². The van der Waals surface area contributed by atoms with Crippen molar-refractivity contribution in [1.82, 2.24) is 20.1 Å². The molecule has 1 N–H and O–H groups in total. The Hall–Kier alpha value is -1.69. The Kier molecular flexibility index (Phi) is 4.09. The van der Waals surface area contributed by atoms with Crippen molar-refractivity contribution in [3.05, 3.63) is 46.5 Å². The minimum Gasteiger partial charge on any atom is -0.349 e. The van der Waals surface area contributed by atoms with Gasteiger partial charge in [0.15, 0.2) is 0 Å². The predicted octanol–water partition coefficient (Wildman–Crippen LogP) is 1.78. The largest absolute Gasteiger partial charge is 0.349 e. The average molecular weight is 309 g/mol. The minimum atomic E-state index is -0.189. The van der Waals surface area contributed by atoms with Crippen LogP contribution in [0, 0.1) is 6.92 Å². The number of amides is 1. The Morgan fingerprint density at radius 2 is 2.39 bits per heavy atom. The predicted molar refractivity (Wildman–Crippen MR) is 71.2 cm³/mol. The van der Waals surface area contributed by atoms with Crippen LogP contribution >= 0.6 is 15.9 Å². The number of rotatable bonds is 4. The summed E-state index contributed by atoms with van der Waals surface area (Å²) in [6.07, 6.45) is 5.32. The highest BCUT2D eigenvalue weighted by atomic mass is 79.9. The average Bonchev–Trinajstić information content (AvgIpc) is 2.75. The first-order chi connectivity index (χ1) is 8.66. The van der Waals surface area contributed by atoms with E-state index >= 15 is 0 Å². The summed E-state index contributed by atoms with van der Waals surface area (Å²) in [6.45, 7) is 3.14. The van der Waals surface area contributed by atoms with Crippen LogP contribution in [0.5, 0.6) is 0 Å². The fraction of sp³-hybridized carbons (Fsp3) is 0.250. The number of nitrogens with zero attached hydrogens (tertiary/aromatic N) is 3. The summed E-state index contributed by atoms with van der Waals surface area (Å²) in [5, 5.41) is 6.95. The summed E-state index contributed by atoms with van der Waals surface area (Å²) in [5.74, 6) is -0.189. The van der Waals surface area contributed by atoms with E-state index in [1.807, 2.05) is 13.1 Å². The first-order valence-electron chi connectivity index (χ1n) is 5.54. The lowest BCUT2D eigenvalue weighted by Gasteiger charge is -2.05. The molecule has 0 atom stereocenters. The van der Waals surface area contributed by atoms with Crippen molar-refractivity contribution in [3.63, 3.8) is 0 Å². The third-order valence-corrected chi connectivity index (χ3v) is 3.00. The summed E-state index contributed by atoms with van der Waals surface area (Å²) >= 11 is 3.30. The van der Waals surface area contributed by atoms with Gasteiger partial charge in [0.25, 0.3) is 5.91 Å². The van der Waals surface area contributed by atoms with E-state index < -0.39 is 0 Å². The highest BCUT2D eigenvalue weighted by Crippen LogP contribution is 2.12. The number of aromatic nitrogens is 3. The summed E-state index contributed by atoms with van der Waals surface area (Å²) < 4.78 is 2.49. The van der Waals surface area contributed by atoms with E-state index in [1.54, 1.807) is 29.2 Å². The molecule has 2 aromatic rings. The molecule has 94 valence electrons. The molecule has 0 unspecified atom stereocenters. The number of halogens is 1. The molecule has 2 aromatic heterocycles. The van der Waals surface area contributed by atoms with Crippen LogP contribution in [-0.2, 0) is 6.54 Å². The third kappa shape index (κ3) is 3.16. The Bertz CT molecular complexity index is 553. The molecule has 5 nitrogen and oxygen atoms in total. The molecule has 0 fully saturated rings. The summed E-state index contributed by atoms with van der Waals surface area (Å²) in [6, 6.07) is 3.56. The molecular formula is C12H13BrN4O.